The fourth-order valence-corrected chi connectivity index (χ4v) is 4.48. The van der Waals surface area contributed by atoms with Crippen LogP contribution in [0.5, 0.6) is 17.2 Å². The van der Waals surface area contributed by atoms with Gasteiger partial charge in [0.25, 0.3) is 16.8 Å². The molecule has 2 aliphatic rings. The van der Waals surface area contributed by atoms with E-state index in [4.69, 9.17) is 14.2 Å². The monoisotopic (exact) mass is 464 g/mol. The lowest BCUT2D eigenvalue weighted by Gasteiger charge is -2.14. The van der Waals surface area contributed by atoms with E-state index in [1.165, 1.54) is 18.2 Å². The van der Waals surface area contributed by atoms with Gasteiger partial charge in [-0.25, -0.2) is 0 Å². The molecular weight excluding hydrogens is 448 g/mol. The van der Waals surface area contributed by atoms with Crippen molar-refractivity contribution < 1.29 is 28.7 Å². The van der Waals surface area contributed by atoms with Gasteiger partial charge in [-0.15, -0.1) is 0 Å². The number of amides is 2. The SMILES string of the molecule is O=C1S/C(=C\c2cc3c(cc2[N+](=O)[O-])OCO3)C(=O)N1CCOc1cccc2ccccc12. The Hall–Kier alpha value is -4.05. The molecule has 0 unspecified atom stereocenters. The summed E-state index contributed by atoms with van der Waals surface area (Å²) in [5.41, 5.74) is -0.0907. The minimum Gasteiger partial charge on any atom is -0.491 e. The van der Waals surface area contributed by atoms with Gasteiger partial charge in [-0.3, -0.25) is 24.6 Å². The molecule has 33 heavy (non-hydrogen) atoms. The zero-order valence-corrected chi connectivity index (χ0v) is 17.9. The Morgan fingerprint density at radius 2 is 1.85 bits per heavy atom. The van der Waals surface area contributed by atoms with Crippen LogP contribution in [-0.4, -0.2) is 40.9 Å². The van der Waals surface area contributed by atoms with Gasteiger partial charge in [0.05, 0.1) is 28.0 Å². The van der Waals surface area contributed by atoms with E-state index < -0.39 is 16.1 Å². The molecule has 0 radical (unpaired) electrons. The van der Waals surface area contributed by atoms with E-state index in [0.29, 0.717) is 11.5 Å². The van der Waals surface area contributed by atoms with Gasteiger partial charge < -0.3 is 14.2 Å². The molecule has 0 bridgehead atoms. The largest absolute Gasteiger partial charge is 0.491 e. The van der Waals surface area contributed by atoms with Gasteiger partial charge in [-0.2, -0.15) is 0 Å². The van der Waals surface area contributed by atoms with Crippen molar-refractivity contribution in [2.75, 3.05) is 19.9 Å². The number of carbonyl (C=O) groups is 2. The van der Waals surface area contributed by atoms with E-state index in [9.17, 15) is 19.7 Å². The first-order valence-corrected chi connectivity index (χ1v) is 10.8. The Balaban J connectivity index is 1.32. The van der Waals surface area contributed by atoms with E-state index in [1.807, 2.05) is 42.5 Å². The first-order chi connectivity index (χ1) is 16.0. The number of hydrogen-bond acceptors (Lipinski definition) is 8. The lowest BCUT2D eigenvalue weighted by molar-refractivity contribution is -0.385. The lowest BCUT2D eigenvalue weighted by atomic mass is 10.1. The third kappa shape index (κ3) is 3.96. The summed E-state index contributed by atoms with van der Waals surface area (Å²) in [6.07, 6.45) is 1.33. The number of ether oxygens (including phenoxy) is 3. The highest BCUT2D eigenvalue weighted by Crippen LogP contribution is 2.40. The zero-order chi connectivity index (χ0) is 22.9. The summed E-state index contributed by atoms with van der Waals surface area (Å²) in [6.45, 7) is 0.126. The second-order valence-corrected chi connectivity index (χ2v) is 8.17. The number of imide groups is 1. The third-order valence-electron chi connectivity index (χ3n) is 5.20. The maximum atomic E-state index is 12.8. The number of nitro benzene ring substituents is 1. The van der Waals surface area contributed by atoms with E-state index >= 15 is 0 Å². The summed E-state index contributed by atoms with van der Waals surface area (Å²) in [4.78, 5) is 37.3. The van der Waals surface area contributed by atoms with Crippen LogP contribution < -0.4 is 14.2 Å². The molecular formula is C23H16N2O7S. The summed E-state index contributed by atoms with van der Waals surface area (Å²) in [6, 6.07) is 16.1. The van der Waals surface area contributed by atoms with Crippen molar-refractivity contribution >= 4 is 45.4 Å². The number of carbonyl (C=O) groups excluding carboxylic acids is 2. The van der Waals surface area contributed by atoms with Crippen molar-refractivity contribution in [1.29, 1.82) is 0 Å². The van der Waals surface area contributed by atoms with Crippen molar-refractivity contribution in [1.82, 2.24) is 4.90 Å². The average molecular weight is 464 g/mol. The summed E-state index contributed by atoms with van der Waals surface area (Å²) in [5.74, 6) is 0.734. The molecule has 2 heterocycles. The van der Waals surface area contributed by atoms with Crippen LogP contribution in [0.2, 0.25) is 0 Å². The first-order valence-electron chi connectivity index (χ1n) is 9.95. The van der Waals surface area contributed by atoms with Crippen LogP contribution >= 0.6 is 11.8 Å². The summed E-state index contributed by atoms with van der Waals surface area (Å²) < 4.78 is 16.3. The van der Waals surface area contributed by atoms with Crippen LogP contribution in [0.15, 0.2) is 59.5 Å². The molecule has 0 saturated carbocycles. The summed E-state index contributed by atoms with van der Waals surface area (Å²) in [5, 5.41) is 13.0. The zero-order valence-electron chi connectivity index (χ0n) is 17.1. The van der Waals surface area contributed by atoms with Gasteiger partial charge in [-0.1, -0.05) is 36.4 Å². The molecule has 0 N–H and O–H groups in total. The number of fused-ring (bicyclic) bond motifs is 2. The van der Waals surface area contributed by atoms with Gasteiger partial charge in [-0.05, 0) is 35.4 Å². The highest BCUT2D eigenvalue weighted by Gasteiger charge is 2.35. The summed E-state index contributed by atoms with van der Waals surface area (Å²) in [7, 11) is 0. The minimum atomic E-state index is -0.573. The smallest absolute Gasteiger partial charge is 0.293 e. The van der Waals surface area contributed by atoms with E-state index in [0.717, 1.165) is 27.4 Å². The molecule has 0 aromatic heterocycles. The van der Waals surface area contributed by atoms with Crippen LogP contribution in [0.25, 0.3) is 16.8 Å². The first kappa shape index (κ1) is 20.8. The van der Waals surface area contributed by atoms with Gasteiger partial charge in [0, 0.05) is 5.39 Å². The Bertz CT molecular complexity index is 1330. The average Bonchev–Trinajstić information content (AvgIpc) is 3.37. The molecule has 3 aromatic rings. The number of thioether (sulfide) groups is 1. The maximum Gasteiger partial charge on any atom is 0.293 e. The van der Waals surface area contributed by atoms with Gasteiger partial charge in [0.1, 0.15) is 12.4 Å². The number of nitrogens with zero attached hydrogens (tertiary/aromatic N) is 2. The molecule has 2 amide bonds. The second kappa shape index (κ2) is 8.47. The van der Waals surface area contributed by atoms with E-state index in [2.05, 4.69) is 0 Å². The fourth-order valence-electron chi connectivity index (χ4n) is 3.62. The van der Waals surface area contributed by atoms with Crippen molar-refractivity contribution in [3.05, 3.63) is 75.2 Å². The molecule has 0 atom stereocenters. The van der Waals surface area contributed by atoms with Crippen molar-refractivity contribution in [2.45, 2.75) is 0 Å². The normalized spacial score (nSPS) is 16.1. The molecule has 2 aliphatic heterocycles. The van der Waals surface area contributed by atoms with Gasteiger partial charge in [0.2, 0.25) is 6.79 Å². The van der Waals surface area contributed by atoms with Crippen LogP contribution in [0.4, 0.5) is 10.5 Å². The Labute approximate surface area is 191 Å². The fraction of sp³-hybridized carbons (Fsp3) is 0.130. The number of hydrogen-bond donors (Lipinski definition) is 0. The molecule has 0 aliphatic carbocycles. The van der Waals surface area contributed by atoms with Crippen molar-refractivity contribution in [3.63, 3.8) is 0 Å². The highest BCUT2D eigenvalue weighted by atomic mass is 32.2. The predicted octanol–water partition coefficient (Wildman–Crippen LogP) is 4.59. The maximum absolute atomic E-state index is 12.8. The minimum absolute atomic E-state index is 0.0385. The molecule has 1 fully saturated rings. The molecule has 3 aromatic carbocycles. The Kier molecular flexibility index (Phi) is 5.35. The van der Waals surface area contributed by atoms with Crippen LogP contribution in [-0.2, 0) is 4.79 Å². The van der Waals surface area contributed by atoms with E-state index in [-0.39, 0.29) is 41.9 Å². The highest BCUT2D eigenvalue weighted by molar-refractivity contribution is 8.18. The molecule has 0 spiro atoms. The standard InChI is InChI=1S/C23H16N2O7S/c26-22-21(11-15-10-19-20(32-13-31-19)12-17(15)25(28)29)33-23(27)24(22)8-9-30-18-7-3-5-14-4-1-2-6-16(14)18/h1-7,10-12H,8-9,13H2/b21-11-. The topological polar surface area (TPSA) is 108 Å². The molecule has 166 valence electrons. The number of rotatable bonds is 6. The molecule has 5 rings (SSSR count). The Morgan fingerprint density at radius 3 is 2.67 bits per heavy atom. The molecule has 10 heteroatoms. The van der Waals surface area contributed by atoms with Crippen molar-refractivity contribution in [2.24, 2.45) is 0 Å². The van der Waals surface area contributed by atoms with Crippen molar-refractivity contribution in [3.8, 4) is 17.2 Å². The van der Waals surface area contributed by atoms with Crippen LogP contribution in [0.3, 0.4) is 0 Å². The second-order valence-electron chi connectivity index (χ2n) is 7.18. The quantitative estimate of drug-likeness (QED) is 0.296. The van der Waals surface area contributed by atoms with Gasteiger partial charge >= 0.3 is 0 Å². The Morgan fingerprint density at radius 1 is 1.09 bits per heavy atom. The number of benzene rings is 3. The molecule has 1 saturated heterocycles. The molecule has 9 nitrogen and oxygen atoms in total. The predicted molar refractivity (Wildman–Crippen MR) is 121 cm³/mol. The summed E-state index contributed by atoms with van der Waals surface area (Å²) >= 11 is 0.727. The van der Waals surface area contributed by atoms with Gasteiger partial charge in [0.15, 0.2) is 11.5 Å². The third-order valence-corrected chi connectivity index (χ3v) is 6.11. The lowest BCUT2D eigenvalue weighted by Crippen LogP contribution is -2.32. The van der Waals surface area contributed by atoms with Crippen LogP contribution in [0, 0.1) is 10.1 Å². The van der Waals surface area contributed by atoms with E-state index in [1.54, 1.807) is 0 Å². The van der Waals surface area contributed by atoms with Crippen LogP contribution in [0.1, 0.15) is 5.56 Å². The number of nitro groups is 1.